The summed E-state index contributed by atoms with van der Waals surface area (Å²) in [4.78, 5) is 10.5. The van der Waals surface area contributed by atoms with Crippen molar-refractivity contribution in [3.8, 4) is 0 Å². The Bertz CT molecular complexity index is 479. The maximum atomic E-state index is 5.78. The fraction of sp³-hybridized carbons (Fsp3) is 0.286. The molecule has 2 heterocycles. The van der Waals surface area contributed by atoms with Gasteiger partial charge >= 0.3 is 0 Å². The Morgan fingerprint density at radius 3 is 2.50 bits per heavy atom. The molecule has 0 radical (unpaired) electrons. The Labute approximate surface area is 107 Å². The number of rotatable bonds is 4. The molecule has 0 saturated heterocycles. The predicted molar refractivity (Wildman–Crippen MR) is 73.2 cm³/mol. The highest BCUT2D eigenvalue weighted by molar-refractivity contribution is 5.44. The van der Waals surface area contributed by atoms with Crippen LogP contribution in [-0.4, -0.2) is 17.0 Å². The number of anilines is 1. The lowest BCUT2D eigenvalue weighted by Gasteiger charge is -2.19. The van der Waals surface area contributed by atoms with Crippen molar-refractivity contribution in [2.75, 3.05) is 11.9 Å². The third-order valence-corrected chi connectivity index (χ3v) is 2.85. The first-order valence-electron chi connectivity index (χ1n) is 5.98. The van der Waals surface area contributed by atoms with E-state index in [1.54, 1.807) is 12.4 Å². The van der Waals surface area contributed by atoms with E-state index in [0.717, 1.165) is 17.9 Å². The average molecular weight is 242 g/mol. The van der Waals surface area contributed by atoms with Gasteiger partial charge in [-0.2, -0.15) is 0 Å². The first-order chi connectivity index (χ1) is 8.66. The standard InChI is InChI=1S/C14H18N4/c1-11(15)14-4-3-13(9-17-14)18(2)10-12-5-7-16-8-6-12/h3-9,11H,10,15H2,1-2H3/t11-/m0/s1. The van der Waals surface area contributed by atoms with Crippen LogP contribution in [-0.2, 0) is 6.54 Å². The first-order valence-corrected chi connectivity index (χ1v) is 5.98. The molecule has 0 amide bonds. The van der Waals surface area contributed by atoms with Crippen LogP contribution in [0.4, 0.5) is 5.69 Å². The lowest BCUT2D eigenvalue weighted by Crippen LogP contribution is -2.17. The smallest absolute Gasteiger partial charge is 0.0569 e. The monoisotopic (exact) mass is 242 g/mol. The van der Waals surface area contributed by atoms with Gasteiger partial charge in [0.05, 0.1) is 17.6 Å². The van der Waals surface area contributed by atoms with Crippen LogP contribution < -0.4 is 10.6 Å². The minimum Gasteiger partial charge on any atom is -0.369 e. The van der Waals surface area contributed by atoms with Crippen molar-refractivity contribution in [2.24, 2.45) is 5.73 Å². The van der Waals surface area contributed by atoms with Gasteiger partial charge in [0.25, 0.3) is 0 Å². The van der Waals surface area contributed by atoms with Crippen LogP contribution in [0.2, 0.25) is 0 Å². The molecule has 0 unspecified atom stereocenters. The Morgan fingerprint density at radius 2 is 1.94 bits per heavy atom. The first kappa shape index (κ1) is 12.5. The second-order valence-corrected chi connectivity index (χ2v) is 4.44. The summed E-state index contributed by atoms with van der Waals surface area (Å²) in [6, 6.07) is 8.03. The molecule has 0 fully saturated rings. The van der Waals surface area contributed by atoms with Crippen molar-refractivity contribution in [2.45, 2.75) is 19.5 Å². The molecule has 2 N–H and O–H groups in total. The van der Waals surface area contributed by atoms with Crippen molar-refractivity contribution < 1.29 is 0 Å². The van der Waals surface area contributed by atoms with Gasteiger partial charge in [0.2, 0.25) is 0 Å². The van der Waals surface area contributed by atoms with E-state index in [-0.39, 0.29) is 6.04 Å². The van der Waals surface area contributed by atoms with Gasteiger partial charge in [-0.3, -0.25) is 9.97 Å². The van der Waals surface area contributed by atoms with E-state index >= 15 is 0 Å². The average Bonchev–Trinajstić information content (AvgIpc) is 2.40. The van der Waals surface area contributed by atoms with Gasteiger partial charge in [-0.15, -0.1) is 0 Å². The van der Waals surface area contributed by atoms with E-state index in [1.165, 1.54) is 5.56 Å². The summed E-state index contributed by atoms with van der Waals surface area (Å²) in [6.45, 7) is 2.77. The molecule has 0 aliphatic rings. The van der Waals surface area contributed by atoms with E-state index in [1.807, 2.05) is 44.4 Å². The van der Waals surface area contributed by atoms with Gasteiger partial charge in [-0.1, -0.05) is 0 Å². The van der Waals surface area contributed by atoms with Gasteiger partial charge in [-0.25, -0.2) is 0 Å². The molecule has 1 atom stereocenters. The minimum absolute atomic E-state index is 0.0236. The van der Waals surface area contributed by atoms with Gasteiger partial charge in [-0.05, 0) is 36.8 Å². The summed E-state index contributed by atoms with van der Waals surface area (Å²) in [7, 11) is 2.04. The van der Waals surface area contributed by atoms with E-state index in [4.69, 9.17) is 5.73 Å². The van der Waals surface area contributed by atoms with Crippen LogP contribution in [0.5, 0.6) is 0 Å². The summed E-state index contributed by atoms with van der Waals surface area (Å²) >= 11 is 0. The fourth-order valence-corrected chi connectivity index (χ4v) is 1.75. The van der Waals surface area contributed by atoms with E-state index in [9.17, 15) is 0 Å². The SMILES string of the molecule is C[C@H](N)c1ccc(N(C)Cc2ccncc2)cn1. The Morgan fingerprint density at radius 1 is 1.22 bits per heavy atom. The maximum Gasteiger partial charge on any atom is 0.0569 e. The zero-order valence-electron chi connectivity index (χ0n) is 10.7. The highest BCUT2D eigenvalue weighted by atomic mass is 15.1. The number of nitrogens with zero attached hydrogens (tertiary/aromatic N) is 3. The topological polar surface area (TPSA) is 55.0 Å². The quantitative estimate of drug-likeness (QED) is 0.892. The van der Waals surface area contributed by atoms with Crippen molar-refractivity contribution in [3.05, 3.63) is 54.1 Å². The third-order valence-electron chi connectivity index (χ3n) is 2.85. The highest BCUT2D eigenvalue weighted by Crippen LogP contribution is 2.16. The molecule has 0 bridgehead atoms. The van der Waals surface area contributed by atoms with Crippen LogP contribution >= 0.6 is 0 Å². The van der Waals surface area contributed by atoms with Crippen LogP contribution in [0.25, 0.3) is 0 Å². The molecule has 2 rings (SSSR count). The summed E-state index contributed by atoms with van der Waals surface area (Å²) in [5.74, 6) is 0. The number of pyridine rings is 2. The van der Waals surface area contributed by atoms with Crippen molar-refractivity contribution in [3.63, 3.8) is 0 Å². The minimum atomic E-state index is -0.0236. The van der Waals surface area contributed by atoms with Crippen LogP contribution in [0.3, 0.4) is 0 Å². The Balaban J connectivity index is 2.07. The molecule has 0 aliphatic heterocycles. The molecule has 94 valence electrons. The summed E-state index contributed by atoms with van der Waals surface area (Å²) in [5, 5.41) is 0. The molecule has 18 heavy (non-hydrogen) atoms. The largest absolute Gasteiger partial charge is 0.369 e. The lowest BCUT2D eigenvalue weighted by atomic mass is 10.2. The molecule has 2 aromatic heterocycles. The molecule has 4 heteroatoms. The van der Waals surface area contributed by atoms with E-state index < -0.39 is 0 Å². The maximum absolute atomic E-state index is 5.78. The zero-order valence-corrected chi connectivity index (χ0v) is 10.7. The van der Waals surface area contributed by atoms with Gasteiger partial charge in [0, 0.05) is 32.0 Å². The Kier molecular flexibility index (Phi) is 3.89. The third kappa shape index (κ3) is 3.05. The molecule has 0 aromatic carbocycles. The summed E-state index contributed by atoms with van der Waals surface area (Å²) < 4.78 is 0. The van der Waals surface area contributed by atoms with Crippen LogP contribution in [0, 0.1) is 0 Å². The molecule has 0 saturated carbocycles. The number of hydrogen-bond donors (Lipinski definition) is 1. The second kappa shape index (κ2) is 5.60. The number of aromatic nitrogens is 2. The molecule has 0 aliphatic carbocycles. The van der Waals surface area contributed by atoms with Gasteiger partial charge < -0.3 is 10.6 Å². The normalized spacial score (nSPS) is 12.2. The van der Waals surface area contributed by atoms with Crippen LogP contribution in [0.1, 0.15) is 24.2 Å². The predicted octanol–water partition coefficient (Wildman–Crippen LogP) is 2.13. The number of nitrogens with two attached hydrogens (primary N) is 1. The van der Waals surface area contributed by atoms with Gasteiger partial charge in [0.1, 0.15) is 0 Å². The fourth-order valence-electron chi connectivity index (χ4n) is 1.75. The lowest BCUT2D eigenvalue weighted by molar-refractivity contribution is 0.779. The van der Waals surface area contributed by atoms with Gasteiger partial charge in [0.15, 0.2) is 0 Å². The molecular formula is C14H18N4. The van der Waals surface area contributed by atoms with E-state index in [0.29, 0.717) is 0 Å². The summed E-state index contributed by atoms with van der Waals surface area (Å²) in [6.07, 6.45) is 5.47. The van der Waals surface area contributed by atoms with Crippen molar-refractivity contribution >= 4 is 5.69 Å². The molecule has 4 nitrogen and oxygen atoms in total. The van der Waals surface area contributed by atoms with E-state index in [2.05, 4.69) is 14.9 Å². The van der Waals surface area contributed by atoms with Crippen molar-refractivity contribution in [1.29, 1.82) is 0 Å². The Hall–Kier alpha value is -1.94. The molecule has 0 spiro atoms. The highest BCUT2D eigenvalue weighted by Gasteiger charge is 2.04. The number of hydrogen-bond acceptors (Lipinski definition) is 4. The second-order valence-electron chi connectivity index (χ2n) is 4.44. The van der Waals surface area contributed by atoms with Crippen molar-refractivity contribution in [1.82, 2.24) is 9.97 Å². The molecule has 2 aromatic rings. The molecular weight excluding hydrogens is 224 g/mol. The summed E-state index contributed by atoms with van der Waals surface area (Å²) in [5.41, 5.74) is 9.00. The zero-order chi connectivity index (χ0) is 13.0. The van der Waals surface area contributed by atoms with Crippen LogP contribution in [0.15, 0.2) is 42.9 Å².